The van der Waals surface area contributed by atoms with Crippen LogP contribution < -0.4 is 11.1 Å². The van der Waals surface area contributed by atoms with Gasteiger partial charge in [0.15, 0.2) is 5.96 Å². The number of aliphatic imine (C=N–C) groups is 1. The largest absolute Gasteiger partial charge is 0.379 e. The van der Waals surface area contributed by atoms with E-state index < -0.39 is 0 Å². The van der Waals surface area contributed by atoms with Crippen LogP contribution >= 0.6 is 35.7 Å². The molecule has 7 heteroatoms. The van der Waals surface area contributed by atoms with Crippen molar-refractivity contribution in [2.45, 2.75) is 25.8 Å². The van der Waals surface area contributed by atoms with Gasteiger partial charge in [-0.05, 0) is 18.1 Å². The van der Waals surface area contributed by atoms with Crippen molar-refractivity contribution in [1.82, 2.24) is 10.2 Å². The van der Waals surface area contributed by atoms with Crippen molar-refractivity contribution in [3.8, 4) is 0 Å². The van der Waals surface area contributed by atoms with Crippen LogP contribution in [0.25, 0.3) is 0 Å². The molecule has 0 radical (unpaired) electrons. The van der Waals surface area contributed by atoms with Gasteiger partial charge in [-0.1, -0.05) is 13.8 Å². The molecule has 21 heavy (non-hydrogen) atoms. The molecule has 0 aliphatic carbocycles. The van der Waals surface area contributed by atoms with Crippen molar-refractivity contribution in [3.63, 3.8) is 0 Å². The van der Waals surface area contributed by atoms with Gasteiger partial charge in [0.1, 0.15) is 0 Å². The number of hydrogen-bond donors (Lipinski definition) is 2. The van der Waals surface area contributed by atoms with Crippen molar-refractivity contribution in [2.24, 2.45) is 16.6 Å². The Hall–Kier alpha value is 0.270. The number of guanidine groups is 1. The number of nitrogens with two attached hydrogens (primary N) is 1. The third-order valence-electron chi connectivity index (χ3n) is 4.00. The number of ether oxygens (including phenoxy) is 1. The maximum Gasteiger partial charge on any atom is 0.188 e. The molecule has 5 nitrogen and oxygen atoms in total. The number of halogens is 1. The van der Waals surface area contributed by atoms with Gasteiger partial charge in [0.25, 0.3) is 0 Å². The van der Waals surface area contributed by atoms with Crippen LogP contribution in [0.3, 0.4) is 0 Å². The molecule has 2 saturated heterocycles. The van der Waals surface area contributed by atoms with Crippen molar-refractivity contribution in [2.75, 3.05) is 50.9 Å². The number of nitrogens with zero attached hydrogens (tertiary/aromatic N) is 2. The van der Waals surface area contributed by atoms with E-state index in [1.807, 2.05) is 11.8 Å². The number of nitrogens with one attached hydrogen (secondary N) is 1. The molecule has 2 aliphatic heterocycles. The monoisotopic (exact) mass is 428 g/mol. The van der Waals surface area contributed by atoms with Gasteiger partial charge in [0.2, 0.25) is 0 Å². The maximum absolute atomic E-state index is 5.98. The molecule has 0 saturated carbocycles. The van der Waals surface area contributed by atoms with E-state index in [4.69, 9.17) is 10.5 Å². The predicted octanol–water partition coefficient (Wildman–Crippen LogP) is 1.37. The summed E-state index contributed by atoms with van der Waals surface area (Å²) in [5.41, 5.74) is 6.17. The summed E-state index contributed by atoms with van der Waals surface area (Å²) in [7, 11) is 0. The molecule has 0 spiro atoms. The van der Waals surface area contributed by atoms with Crippen molar-refractivity contribution in [3.05, 3.63) is 0 Å². The Morgan fingerprint density at radius 2 is 2.14 bits per heavy atom. The van der Waals surface area contributed by atoms with Crippen LogP contribution in [0.15, 0.2) is 4.99 Å². The van der Waals surface area contributed by atoms with E-state index in [0.717, 1.165) is 45.1 Å². The summed E-state index contributed by atoms with van der Waals surface area (Å²) in [6, 6.07) is 0. The first-order chi connectivity index (χ1) is 9.62. The normalized spacial score (nSPS) is 27.7. The summed E-state index contributed by atoms with van der Waals surface area (Å²) < 4.78 is 5.47. The van der Waals surface area contributed by atoms with Crippen LogP contribution in [-0.2, 0) is 4.74 Å². The average Bonchev–Trinajstić information content (AvgIpc) is 2.94. The Balaban J connectivity index is 0.00000220. The molecule has 2 aliphatic rings. The minimum atomic E-state index is 0. The molecule has 3 N–H and O–H groups in total. The molecule has 1 atom stereocenters. The Bertz CT molecular complexity index is 329. The molecular weight excluding hydrogens is 399 g/mol. The second-order valence-corrected chi connectivity index (χ2v) is 7.21. The maximum atomic E-state index is 5.98. The van der Waals surface area contributed by atoms with E-state index in [0.29, 0.717) is 11.9 Å². The lowest BCUT2D eigenvalue weighted by Crippen LogP contribution is -2.56. The zero-order valence-electron chi connectivity index (χ0n) is 13.1. The molecule has 1 unspecified atom stereocenters. The third-order valence-corrected chi connectivity index (χ3v) is 5.23. The van der Waals surface area contributed by atoms with E-state index in [1.165, 1.54) is 12.2 Å². The Morgan fingerprint density at radius 3 is 2.71 bits per heavy atom. The van der Waals surface area contributed by atoms with Gasteiger partial charge < -0.3 is 15.8 Å². The summed E-state index contributed by atoms with van der Waals surface area (Å²) in [6.07, 6.45) is 1.21. The molecule has 0 amide bonds. The summed E-state index contributed by atoms with van der Waals surface area (Å²) >= 11 is 2.03. The van der Waals surface area contributed by atoms with E-state index in [9.17, 15) is 0 Å². The van der Waals surface area contributed by atoms with Crippen LogP contribution in [0.2, 0.25) is 0 Å². The average molecular weight is 428 g/mol. The van der Waals surface area contributed by atoms with Gasteiger partial charge in [0.05, 0.1) is 25.3 Å². The Morgan fingerprint density at radius 1 is 1.43 bits per heavy atom. The summed E-state index contributed by atoms with van der Waals surface area (Å²) in [6.45, 7) is 9.76. The smallest absolute Gasteiger partial charge is 0.188 e. The van der Waals surface area contributed by atoms with Gasteiger partial charge in [-0.2, -0.15) is 11.8 Å². The third kappa shape index (κ3) is 5.76. The lowest BCUT2D eigenvalue weighted by atomic mass is 9.96. The molecular formula is C14H29IN4OS. The highest BCUT2D eigenvalue weighted by molar-refractivity contribution is 14.0. The van der Waals surface area contributed by atoms with E-state index in [1.54, 1.807) is 0 Å². The molecule has 0 aromatic rings. The fourth-order valence-electron chi connectivity index (χ4n) is 2.71. The highest BCUT2D eigenvalue weighted by Crippen LogP contribution is 2.34. The fourth-order valence-corrected chi connectivity index (χ4v) is 4.17. The highest BCUT2D eigenvalue weighted by Gasteiger charge is 2.40. The number of thioether (sulfide) groups is 1. The summed E-state index contributed by atoms with van der Waals surface area (Å²) in [5, 5.41) is 3.20. The van der Waals surface area contributed by atoms with Crippen molar-refractivity contribution in [1.29, 1.82) is 0 Å². The van der Waals surface area contributed by atoms with Gasteiger partial charge in [-0.25, -0.2) is 0 Å². The van der Waals surface area contributed by atoms with E-state index in [2.05, 4.69) is 29.1 Å². The first-order valence-corrected chi connectivity index (χ1v) is 8.72. The first-order valence-electron chi connectivity index (χ1n) is 7.57. The zero-order chi connectivity index (χ0) is 14.4. The fraction of sp³-hybridized carbons (Fsp3) is 0.929. The second-order valence-electron chi connectivity index (χ2n) is 6.10. The standard InChI is InChI=1S/C14H28N4OS.HI/c1-12(2)9-16-13(15)17-10-14(3-8-20-11-14)18-4-6-19-7-5-18;/h12H,3-11H2,1-2H3,(H3,15,16,17);1H. The lowest BCUT2D eigenvalue weighted by molar-refractivity contribution is -0.0104. The number of rotatable bonds is 5. The minimum Gasteiger partial charge on any atom is -0.379 e. The molecule has 0 aromatic heterocycles. The first kappa shape index (κ1) is 19.3. The van der Waals surface area contributed by atoms with Crippen LogP contribution in [0, 0.1) is 5.92 Å². The molecule has 2 heterocycles. The molecule has 0 bridgehead atoms. The van der Waals surface area contributed by atoms with Crippen molar-refractivity contribution >= 4 is 41.7 Å². The molecule has 2 rings (SSSR count). The van der Waals surface area contributed by atoms with E-state index in [-0.39, 0.29) is 29.5 Å². The second kappa shape index (κ2) is 9.42. The highest BCUT2D eigenvalue weighted by atomic mass is 127. The summed E-state index contributed by atoms with van der Waals surface area (Å²) in [5.74, 6) is 3.56. The topological polar surface area (TPSA) is 62.9 Å². The Kier molecular flexibility index (Phi) is 8.66. The quantitative estimate of drug-likeness (QED) is 0.394. The van der Waals surface area contributed by atoms with Gasteiger partial charge in [-0.15, -0.1) is 24.0 Å². The minimum absolute atomic E-state index is 0. The van der Waals surface area contributed by atoms with Gasteiger partial charge >= 0.3 is 0 Å². The van der Waals surface area contributed by atoms with Gasteiger partial charge in [0, 0.05) is 25.4 Å². The van der Waals surface area contributed by atoms with Crippen LogP contribution in [0.4, 0.5) is 0 Å². The molecule has 124 valence electrons. The van der Waals surface area contributed by atoms with Crippen LogP contribution in [-0.4, -0.2) is 67.3 Å². The number of hydrogen-bond acceptors (Lipinski definition) is 4. The predicted molar refractivity (Wildman–Crippen MR) is 102 cm³/mol. The Labute approximate surface area is 149 Å². The van der Waals surface area contributed by atoms with Crippen molar-refractivity contribution < 1.29 is 4.74 Å². The van der Waals surface area contributed by atoms with Crippen LogP contribution in [0.5, 0.6) is 0 Å². The summed E-state index contributed by atoms with van der Waals surface area (Å²) in [4.78, 5) is 7.18. The zero-order valence-corrected chi connectivity index (χ0v) is 16.3. The molecule has 2 fully saturated rings. The van der Waals surface area contributed by atoms with Crippen LogP contribution in [0.1, 0.15) is 20.3 Å². The van der Waals surface area contributed by atoms with Gasteiger partial charge in [-0.3, -0.25) is 9.89 Å². The molecule has 0 aromatic carbocycles. The SMILES string of the molecule is CC(C)CNC(N)=NCC1(N2CCOCC2)CCSC1.I. The lowest BCUT2D eigenvalue weighted by Gasteiger charge is -2.42. The number of morpholine rings is 1. The van der Waals surface area contributed by atoms with E-state index >= 15 is 0 Å².